The molecule has 2 aliphatic heterocycles. The number of para-hydroxylation sites is 1. The van der Waals surface area contributed by atoms with Crippen LogP contribution >= 0.6 is 19.1 Å². The summed E-state index contributed by atoms with van der Waals surface area (Å²) < 4.78 is 10.6. The second kappa shape index (κ2) is 12.4. The van der Waals surface area contributed by atoms with Crippen LogP contribution in [0.5, 0.6) is 0 Å². The first kappa shape index (κ1) is 26.8. The lowest BCUT2D eigenvalue weighted by atomic mass is 10.0. The van der Waals surface area contributed by atoms with Gasteiger partial charge in [-0.1, -0.05) is 97.1 Å². The zero-order chi connectivity index (χ0) is 26.5. The van der Waals surface area contributed by atoms with Gasteiger partial charge in [0.15, 0.2) is 0 Å². The summed E-state index contributed by atoms with van der Waals surface area (Å²) >= 11 is -2.04. The fourth-order valence-corrected chi connectivity index (χ4v) is 8.26. The van der Waals surface area contributed by atoms with E-state index in [1.165, 1.54) is 31.4 Å². The number of piperazine rings is 1. The number of hydrogen-bond acceptors (Lipinski definition) is 5. The summed E-state index contributed by atoms with van der Waals surface area (Å²) in [5.74, 6) is 0. The Morgan fingerprint density at radius 2 is 1.58 bits per heavy atom. The summed E-state index contributed by atoms with van der Waals surface area (Å²) in [6.07, 6.45) is 5.56. The average Bonchev–Trinajstić information content (AvgIpc) is 3.31. The van der Waals surface area contributed by atoms with Gasteiger partial charge in [0.05, 0.1) is 11.7 Å². The van der Waals surface area contributed by atoms with Gasteiger partial charge in [-0.15, -0.1) is 3.33 Å². The Morgan fingerprint density at radius 1 is 0.895 bits per heavy atom. The normalized spacial score (nSPS) is 18.1. The molecule has 2 aliphatic rings. The van der Waals surface area contributed by atoms with Crippen LogP contribution in [0.1, 0.15) is 40.8 Å². The van der Waals surface area contributed by atoms with Crippen molar-refractivity contribution in [2.75, 3.05) is 37.7 Å². The molecule has 6 heteroatoms. The third-order valence-electron chi connectivity index (χ3n) is 7.47. The van der Waals surface area contributed by atoms with Gasteiger partial charge < -0.3 is 0 Å². The van der Waals surface area contributed by atoms with Gasteiger partial charge in [0.25, 0.3) is 0 Å². The van der Waals surface area contributed by atoms with Crippen LogP contribution in [0.3, 0.4) is 0 Å². The summed E-state index contributed by atoms with van der Waals surface area (Å²) in [5, 5.41) is 6.88. The van der Waals surface area contributed by atoms with Crippen LogP contribution in [-0.4, -0.2) is 50.7 Å². The molecular formula is C32H38IN5. The van der Waals surface area contributed by atoms with Crippen molar-refractivity contribution in [3.63, 3.8) is 0 Å². The molecule has 0 saturated carbocycles. The zero-order valence-corrected chi connectivity index (χ0v) is 24.9. The van der Waals surface area contributed by atoms with E-state index in [4.69, 9.17) is 8.55 Å². The highest BCUT2D eigenvalue weighted by atomic mass is 127. The number of anilines is 1. The highest BCUT2D eigenvalue weighted by molar-refractivity contribution is 14.2. The Kier molecular flexibility index (Phi) is 8.72. The minimum absolute atomic E-state index is 0.139. The largest absolute Gasteiger partial charge is 0.297 e. The van der Waals surface area contributed by atoms with Crippen LogP contribution in [0.25, 0.3) is 6.08 Å². The van der Waals surface area contributed by atoms with E-state index in [0.29, 0.717) is 0 Å². The molecule has 0 amide bonds. The Labute approximate surface area is 234 Å². The van der Waals surface area contributed by atoms with Crippen LogP contribution in [0.4, 0.5) is 5.69 Å². The molecule has 3 aromatic rings. The van der Waals surface area contributed by atoms with Crippen LogP contribution in [0, 0.1) is 13.8 Å². The molecule has 0 bridgehead atoms. The SMILES string of the molecule is C=I1=C([C@H](c2ccc(CC)cc2)N2CCN(C/C=C/c3ccccc3)CC2)N(c2c(C)cccc2C)N=N1. The van der Waals surface area contributed by atoms with Crippen molar-refractivity contribution in [2.45, 2.75) is 33.2 Å². The Hall–Kier alpha value is -2.81. The third kappa shape index (κ3) is 5.92. The molecule has 0 aromatic heterocycles. The molecule has 1 atom stereocenters. The second-order valence-corrected chi connectivity index (χ2v) is 13.5. The first-order valence-corrected chi connectivity index (χ1v) is 17.0. The van der Waals surface area contributed by atoms with Gasteiger partial charge in [-0.05, 0) is 52.6 Å². The molecule has 38 heavy (non-hydrogen) atoms. The maximum atomic E-state index is 4.73. The lowest BCUT2D eigenvalue weighted by molar-refractivity contribution is 0.127. The Morgan fingerprint density at radius 3 is 2.24 bits per heavy atom. The van der Waals surface area contributed by atoms with Crippen LogP contribution in [0.2, 0.25) is 0 Å². The number of halogens is 1. The highest BCUT2D eigenvalue weighted by Crippen LogP contribution is 2.40. The third-order valence-corrected chi connectivity index (χ3v) is 10.5. The van der Waals surface area contributed by atoms with Crippen molar-refractivity contribution < 1.29 is 0 Å². The molecule has 5 rings (SSSR count). The monoisotopic (exact) mass is 619 g/mol. The maximum absolute atomic E-state index is 4.73. The second-order valence-electron chi connectivity index (χ2n) is 10.0. The van der Waals surface area contributed by atoms with E-state index in [9.17, 15) is 0 Å². The molecule has 3 aromatic carbocycles. The highest BCUT2D eigenvalue weighted by Gasteiger charge is 2.35. The quantitative estimate of drug-likeness (QED) is 0.252. The maximum Gasteiger partial charge on any atom is 0.112 e. The zero-order valence-electron chi connectivity index (χ0n) is 22.7. The lowest BCUT2D eigenvalue weighted by Gasteiger charge is -2.40. The van der Waals surface area contributed by atoms with Crippen molar-refractivity contribution in [2.24, 2.45) is 8.55 Å². The van der Waals surface area contributed by atoms with Gasteiger partial charge in [-0.3, -0.25) is 9.80 Å². The number of rotatable bonds is 8. The van der Waals surface area contributed by atoms with Crippen LogP contribution in [-0.2, 0) is 6.42 Å². The van der Waals surface area contributed by atoms with Crippen molar-refractivity contribution in [1.82, 2.24) is 9.80 Å². The molecule has 0 unspecified atom stereocenters. The summed E-state index contributed by atoms with van der Waals surface area (Å²) in [5.41, 5.74) is 7.56. The molecule has 5 nitrogen and oxygen atoms in total. The molecule has 0 spiro atoms. The number of benzene rings is 3. The summed E-state index contributed by atoms with van der Waals surface area (Å²) in [6.45, 7) is 11.6. The Balaban J connectivity index is 1.40. The van der Waals surface area contributed by atoms with Gasteiger partial charge in [0.2, 0.25) is 0 Å². The summed E-state index contributed by atoms with van der Waals surface area (Å²) in [6, 6.07) is 26.3. The van der Waals surface area contributed by atoms with E-state index in [1.54, 1.807) is 0 Å². The summed E-state index contributed by atoms with van der Waals surface area (Å²) in [7, 11) is 0. The van der Waals surface area contributed by atoms with Crippen molar-refractivity contribution >= 4 is 39.1 Å². The van der Waals surface area contributed by atoms with E-state index in [1.807, 2.05) is 0 Å². The van der Waals surface area contributed by atoms with E-state index in [2.05, 4.69) is 125 Å². The average molecular weight is 620 g/mol. The number of aryl methyl sites for hydroxylation is 3. The molecule has 1 fully saturated rings. The predicted molar refractivity (Wildman–Crippen MR) is 171 cm³/mol. The molecule has 0 radical (unpaired) electrons. The molecule has 2 heterocycles. The fourth-order valence-electron chi connectivity index (χ4n) is 5.32. The lowest BCUT2D eigenvalue weighted by Crippen LogP contribution is -2.50. The standard InChI is InChI=1S/C32H38IN5/c1-5-27-16-18-29(19-17-27)31(32-33(4)34-35-38(32)30-25(2)11-9-12-26(30)3)37-23-21-36(22-24-37)20-10-15-28-13-7-6-8-14-28/h6-19,31H,4-5,20-24H2,1-3H3/b15-10+/t31-/m0/s1. The number of hydrogen-bond donors (Lipinski definition) is 0. The van der Waals surface area contributed by atoms with Crippen molar-refractivity contribution in [3.8, 4) is 0 Å². The fraction of sp³-hybridized carbons (Fsp3) is 0.312. The molecule has 0 aliphatic carbocycles. The molecule has 198 valence electrons. The van der Waals surface area contributed by atoms with Gasteiger partial charge in [0, 0.05) is 51.9 Å². The van der Waals surface area contributed by atoms with Gasteiger partial charge >= 0.3 is 0 Å². The van der Waals surface area contributed by atoms with Crippen LogP contribution < -0.4 is 5.01 Å². The summed E-state index contributed by atoms with van der Waals surface area (Å²) in [4.78, 5) is 5.19. The van der Waals surface area contributed by atoms with E-state index >= 15 is 0 Å². The van der Waals surface area contributed by atoms with Crippen molar-refractivity contribution in [1.29, 1.82) is 0 Å². The minimum atomic E-state index is -2.04. The first-order valence-electron chi connectivity index (χ1n) is 13.5. The van der Waals surface area contributed by atoms with Gasteiger partial charge in [-0.2, -0.15) is 0 Å². The van der Waals surface area contributed by atoms with E-state index in [-0.39, 0.29) is 6.04 Å². The van der Waals surface area contributed by atoms with E-state index < -0.39 is 19.1 Å². The van der Waals surface area contributed by atoms with Gasteiger partial charge in [-0.25, -0.2) is 5.01 Å². The first-order chi connectivity index (χ1) is 18.5. The van der Waals surface area contributed by atoms with E-state index in [0.717, 1.165) is 44.8 Å². The molecular weight excluding hydrogens is 581 g/mol. The topological polar surface area (TPSA) is 34.4 Å². The Bertz CT molecular complexity index is 1360. The minimum Gasteiger partial charge on any atom is -0.297 e. The predicted octanol–water partition coefficient (Wildman–Crippen LogP) is 7.11. The molecule has 1 saturated heterocycles. The van der Waals surface area contributed by atoms with Crippen LogP contribution in [0.15, 0.2) is 87.4 Å². The van der Waals surface area contributed by atoms with Gasteiger partial charge in [0.1, 0.15) is 3.63 Å². The molecule has 0 N–H and O–H groups in total. The smallest absolute Gasteiger partial charge is 0.112 e. The van der Waals surface area contributed by atoms with Crippen molar-refractivity contribution in [3.05, 3.63) is 107 Å². The number of nitrogens with zero attached hydrogens (tertiary/aromatic N) is 5.